The van der Waals surface area contributed by atoms with E-state index in [1.54, 1.807) is 19.9 Å². The van der Waals surface area contributed by atoms with E-state index in [1.165, 1.54) is 0 Å². The van der Waals surface area contributed by atoms with Crippen LogP contribution in [0.4, 0.5) is 0 Å². The van der Waals surface area contributed by atoms with Gasteiger partial charge in [-0.2, -0.15) is 0 Å². The normalized spacial score (nSPS) is 10.2. The van der Waals surface area contributed by atoms with Crippen molar-refractivity contribution in [2.45, 2.75) is 38.8 Å². The van der Waals surface area contributed by atoms with E-state index in [9.17, 15) is 9.59 Å². The zero-order chi connectivity index (χ0) is 17.7. The summed E-state index contributed by atoms with van der Waals surface area (Å²) < 4.78 is 15.9. The van der Waals surface area contributed by atoms with Crippen LogP contribution in [0.2, 0.25) is 12.1 Å². The molecule has 0 aromatic carbocycles. The van der Waals surface area contributed by atoms with Gasteiger partial charge in [0.15, 0.2) is 9.04 Å². The molecule has 5 nitrogen and oxygen atoms in total. The van der Waals surface area contributed by atoms with Crippen molar-refractivity contribution in [3.63, 3.8) is 0 Å². The average molecular weight is 340 g/mol. The fourth-order valence-corrected chi connectivity index (χ4v) is 3.99. The van der Waals surface area contributed by atoms with E-state index in [0.717, 1.165) is 24.9 Å². The maximum Gasteiger partial charge on any atom is 0.333 e. The van der Waals surface area contributed by atoms with Crippen molar-refractivity contribution >= 4 is 21.0 Å². The molecule has 6 heteroatoms. The smallest absolute Gasteiger partial charge is 0.333 e. The molecule has 0 amide bonds. The molecule has 0 aliphatic rings. The van der Waals surface area contributed by atoms with Crippen LogP contribution < -0.4 is 0 Å². The largest absolute Gasteiger partial charge is 0.462 e. The van der Waals surface area contributed by atoms with Crippen LogP contribution in [0.25, 0.3) is 0 Å². The third-order valence-corrected chi connectivity index (χ3v) is 5.72. The lowest BCUT2D eigenvalue weighted by Crippen LogP contribution is -2.20. The highest BCUT2D eigenvalue weighted by atomic mass is 28.3. The lowest BCUT2D eigenvalue weighted by atomic mass is 10.4. The van der Waals surface area contributed by atoms with Crippen molar-refractivity contribution in [3.05, 3.63) is 37.0 Å². The second-order valence-corrected chi connectivity index (χ2v) is 8.09. The SMILES string of the molecule is C=CCO[SiH](CCCOC(=O)C(=C)C)CCCOC(=O)C(=C)C. The molecule has 0 unspecified atom stereocenters. The summed E-state index contributed by atoms with van der Waals surface area (Å²) >= 11 is 0. The Morgan fingerprint density at radius 3 is 1.74 bits per heavy atom. The quantitative estimate of drug-likeness (QED) is 0.170. The van der Waals surface area contributed by atoms with E-state index in [-0.39, 0.29) is 11.9 Å². The maximum atomic E-state index is 11.3. The van der Waals surface area contributed by atoms with Crippen molar-refractivity contribution in [1.29, 1.82) is 0 Å². The first-order chi connectivity index (χ1) is 10.9. The second-order valence-electron chi connectivity index (χ2n) is 5.36. The molecule has 0 aliphatic carbocycles. The first-order valence-electron chi connectivity index (χ1n) is 7.76. The van der Waals surface area contributed by atoms with Crippen LogP contribution in [-0.4, -0.2) is 40.8 Å². The van der Waals surface area contributed by atoms with Crippen LogP contribution >= 0.6 is 0 Å². The molecule has 0 aliphatic heterocycles. The van der Waals surface area contributed by atoms with Gasteiger partial charge in [-0.25, -0.2) is 9.59 Å². The fourth-order valence-electron chi connectivity index (χ4n) is 1.71. The fraction of sp³-hybridized carbons (Fsp3) is 0.529. The van der Waals surface area contributed by atoms with E-state index in [2.05, 4.69) is 19.7 Å². The molecule has 23 heavy (non-hydrogen) atoms. The second kappa shape index (κ2) is 12.8. The molecule has 0 atom stereocenters. The molecule has 0 heterocycles. The van der Waals surface area contributed by atoms with Gasteiger partial charge in [-0.3, -0.25) is 0 Å². The molecule has 130 valence electrons. The lowest BCUT2D eigenvalue weighted by molar-refractivity contribution is -0.139. The molecule has 0 saturated heterocycles. The van der Waals surface area contributed by atoms with Crippen LogP contribution in [0.5, 0.6) is 0 Å². The standard InChI is InChI=1S/C17H28O5Si/c1-6-9-22-23(12-7-10-20-16(18)14(2)3)13-8-11-21-17(19)15(4)5/h6,23H,1-2,4,7-13H2,3,5H3. The third-order valence-electron chi connectivity index (χ3n) is 2.95. The van der Waals surface area contributed by atoms with Crippen molar-refractivity contribution in [2.24, 2.45) is 0 Å². The highest BCUT2D eigenvalue weighted by molar-refractivity contribution is 6.51. The Balaban J connectivity index is 3.99. The Bertz CT molecular complexity index is 397. The molecule has 0 N–H and O–H groups in total. The number of carbonyl (C=O) groups is 2. The Hall–Kier alpha value is -1.66. The first kappa shape index (κ1) is 21.3. The molecule has 0 saturated carbocycles. The number of hydrogen-bond acceptors (Lipinski definition) is 5. The highest BCUT2D eigenvalue weighted by Gasteiger charge is 2.13. The molecule has 0 aromatic heterocycles. The summed E-state index contributed by atoms with van der Waals surface area (Å²) in [7, 11) is -1.43. The van der Waals surface area contributed by atoms with Gasteiger partial charge in [0.25, 0.3) is 0 Å². The van der Waals surface area contributed by atoms with E-state index >= 15 is 0 Å². The Kier molecular flexibility index (Phi) is 11.9. The lowest BCUT2D eigenvalue weighted by Gasteiger charge is -2.15. The molecule has 0 rings (SSSR count). The summed E-state index contributed by atoms with van der Waals surface area (Å²) in [6, 6.07) is 1.79. The van der Waals surface area contributed by atoms with Crippen molar-refractivity contribution in [2.75, 3.05) is 19.8 Å². The zero-order valence-corrected chi connectivity index (χ0v) is 15.4. The van der Waals surface area contributed by atoms with Gasteiger partial charge in [-0.05, 0) is 38.8 Å². The van der Waals surface area contributed by atoms with E-state index in [0.29, 0.717) is 31.0 Å². The topological polar surface area (TPSA) is 61.8 Å². The van der Waals surface area contributed by atoms with Crippen molar-refractivity contribution in [1.82, 2.24) is 0 Å². The van der Waals surface area contributed by atoms with Gasteiger partial charge in [0.1, 0.15) is 0 Å². The average Bonchev–Trinajstić information content (AvgIpc) is 2.51. The van der Waals surface area contributed by atoms with Gasteiger partial charge in [0.05, 0.1) is 19.8 Å². The minimum absolute atomic E-state index is 0.359. The zero-order valence-electron chi connectivity index (χ0n) is 14.3. The number of hydrogen-bond donors (Lipinski definition) is 0. The summed E-state index contributed by atoms with van der Waals surface area (Å²) in [5.41, 5.74) is 0.807. The Morgan fingerprint density at radius 1 is 0.957 bits per heavy atom. The van der Waals surface area contributed by atoms with Gasteiger partial charge in [-0.1, -0.05) is 19.2 Å². The number of rotatable bonds is 13. The van der Waals surface area contributed by atoms with Gasteiger partial charge in [0, 0.05) is 11.1 Å². The molecular weight excluding hydrogens is 312 g/mol. The third kappa shape index (κ3) is 11.5. The Labute approximate surface area is 140 Å². The van der Waals surface area contributed by atoms with Crippen LogP contribution in [0, 0.1) is 0 Å². The van der Waals surface area contributed by atoms with Crippen LogP contribution in [0.3, 0.4) is 0 Å². The van der Waals surface area contributed by atoms with Crippen LogP contribution in [0.1, 0.15) is 26.7 Å². The minimum atomic E-state index is -1.43. The summed E-state index contributed by atoms with van der Waals surface area (Å²) in [5.74, 6) is -0.719. The van der Waals surface area contributed by atoms with Gasteiger partial charge >= 0.3 is 11.9 Å². The van der Waals surface area contributed by atoms with E-state index in [1.807, 2.05) is 0 Å². The van der Waals surface area contributed by atoms with Crippen molar-refractivity contribution in [3.8, 4) is 0 Å². The predicted molar refractivity (Wildman–Crippen MR) is 93.7 cm³/mol. The van der Waals surface area contributed by atoms with Crippen molar-refractivity contribution < 1.29 is 23.5 Å². The molecular formula is C17H28O5Si. The number of esters is 2. The van der Waals surface area contributed by atoms with Gasteiger partial charge < -0.3 is 13.9 Å². The molecule has 0 radical (unpaired) electrons. The molecule has 0 fully saturated rings. The predicted octanol–water partition coefficient (Wildman–Crippen LogP) is 2.93. The van der Waals surface area contributed by atoms with E-state index in [4.69, 9.17) is 13.9 Å². The maximum absolute atomic E-state index is 11.3. The van der Waals surface area contributed by atoms with E-state index < -0.39 is 9.04 Å². The molecule has 0 spiro atoms. The van der Waals surface area contributed by atoms with Gasteiger partial charge in [-0.15, -0.1) is 6.58 Å². The summed E-state index contributed by atoms with van der Waals surface area (Å²) in [6.07, 6.45) is 3.25. The number of carbonyl (C=O) groups excluding carboxylic acids is 2. The van der Waals surface area contributed by atoms with Crippen LogP contribution in [-0.2, 0) is 23.5 Å². The summed E-state index contributed by atoms with van der Waals surface area (Å²) in [4.78, 5) is 22.6. The molecule has 0 aromatic rings. The summed E-state index contributed by atoms with van der Waals surface area (Å²) in [6.45, 7) is 15.2. The highest BCUT2D eigenvalue weighted by Crippen LogP contribution is 2.10. The Morgan fingerprint density at radius 2 is 1.39 bits per heavy atom. The monoisotopic (exact) mass is 340 g/mol. The van der Waals surface area contributed by atoms with Gasteiger partial charge in [0.2, 0.25) is 0 Å². The summed E-state index contributed by atoms with van der Waals surface area (Å²) in [5, 5.41) is 0. The molecule has 0 bridgehead atoms. The first-order valence-corrected chi connectivity index (χ1v) is 9.86. The van der Waals surface area contributed by atoms with Crippen LogP contribution in [0.15, 0.2) is 37.0 Å². The minimum Gasteiger partial charge on any atom is -0.462 e. The number of ether oxygens (including phenoxy) is 2.